The van der Waals surface area contributed by atoms with Crippen LogP contribution in [0, 0.1) is 0 Å². The van der Waals surface area contributed by atoms with Gasteiger partial charge in [0.05, 0.1) is 19.8 Å². The first kappa shape index (κ1) is 27.9. The van der Waals surface area contributed by atoms with Gasteiger partial charge in [0.1, 0.15) is 73.8 Å². The molecule has 200 valence electrons. The lowest BCUT2D eigenvalue weighted by atomic mass is 9.97. The molecule has 0 aromatic carbocycles. The Morgan fingerprint density at radius 2 is 1.12 bits per heavy atom. The summed E-state index contributed by atoms with van der Waals surface area (Å²) in [6.07, 6.45) is -22.4. The molecule has 34 heavy (non-hydrogen) atoms. The van der Waals surface area contributed by atoms with Gasteiger partial charge in [-0.25, -0.2) is 0 Å². The van der Waals surface area contributed by atoms with E-state index in [1.165, 1.54) is 0 Å². The molecule has 3 aliphatic rings. The molecule has 3 aliphatic heterocycles. The Balaban J connectivity index is 1.87. The van der Waals surface area contributed by atoms with E-state index >= 15 is 0 Å². The average Bonchev–Trinajstić information content (AvgIpc) is 3.08. The van der Waals surface area contributed by atoms with E-state index in [-0.39, 0.29) is 0 Å². The lowest BCUT2D eigenvalue weighted by Crippen LogP contribution is -2.66. The van der Waals surface area contributed by atoms with Crippen LogP contribution in [0.1, 0.15) is 0 Å². The third-order valence-electron chi connectivity index (χ3n) is 6.19. The smallest absolute Gasteiger partial charge is 0.224 e. The number of aliphatic hydroxyl groups excluding tert-OH is 11. The fourth-order valence-electron chi connectivity index (χ4n) is 4.10. The highest BCUT2D eigenvalue weighted by atomic mass is 16.8. The topological polar surface area (TPSA) is 269 Å². The Morgan fingerprint density at radius 1 is 0.588 bits per heavy atom. The molecule has 0 aromatic heterocycles. The monoisotopic (exact) mass is 504 g/mol. The van der Waals surface area contributed by atoms with E-state index in [9.17, 15) is 56.2 Å². The van der Waals surface area contributed by atoms with E-state index < -0.39 is 112 Å². The predicted molar refractivity (Wildman–Crippen MR) is 101 cm³/mol. The summed E-state index contributed by atoms with van der Waals surface area (Å²) in [4.78, 5) is 0. The molecule has 16 nitrogen and oxygen atoms in total. The molecule has 0 aromatic rings. The fraction of sp³-hybridized carbons (Fsp3) is 1.00. The number of rotatable bonds is 8. The third-order valence-corrected chi connectivity index (χ3v) is 6.19. The molecular formula is C18H32O16. The fourth-order valence-corrected chi connectivity index (χ4v) is 4.10. The van der Waals surface area contributed by atoms with E-state index in [4.69, 9.17) is 23.7 Å². The zero-order chi connectivity index (χ0) is 25.4. The van der Waals surface area contributed by atoms with Crippen LogP contribution in [0.25, 0.3) is 0 Å². The van der Waals surface area contributed by atoms with Gasteiger partial charge < -0.3 is 79.9 Å². The molecule has 0 unspecified atom stereocenters. The Morgan fingerprint density at radius 3 is 1.62 bits per heavy atom. The second kappa shape index (κ2) is 11.2. The molecule has 11 N–H and O–H groups in total. The Labute approximate surface area is 192 Å². The summed E-state index contributed by atoms with van der Waals surface area (Å²) < 4.78 is 26.9. The average molecular weight is 504 g/mol. The molecule has 3 rings (SSSR count). The standard InChI is InChI=1S/C18H32O16/c19-1-5-8(23)11(26)13(28)16(30-5)32-14-12(27)9(24)6(2-20)31-17(14)34-18(4-22)15(29)10(25)7(3-21)33-18/h5-17,19-29H,1-4H2/t5-,6-,7-,8+,9-,10-,11+,12+,13-,14-,15+,16-,17+,18+/m1/s1. The van der Waals surface area contributed by atoms with Crippen LogP contribution >= 0.6 is 0 Å². The van der Waals surface area contributed by atoms with Crippen LogP contribution in [0.2, 0.25) is 0 Å². The summed E-state index contributed by atoms with van der Waals surface area (Å²) in [5, 5.41) is 109. The van der Waals surface area contributed by atoms with Gasteiger partial charge in [0.2, 0.25) is 5.79 Å². The molecule has 0 bridgehead atoms. The van der Waals surface area contributed by atoms with E-state index in [0.717, 1.165) is 0 Å². The van der Waals surface area contributed by atoms with Gasteiger partial charge in [-0.15, -0.1) is 0 Å². The summed E-state index contributed by atoms with van der Waals surface area (Å²) in [6, 6.07) is 0. The van der Waals surface area contributed by atoms with Gasteiger partial charge in [0, 0.05) is 0 Å². The molecule has 0 aliphatic carbocycles. The molecule has 16 heteroatoms. The second-order valence-corrected chi connectivity index (χ2v) is 8.37. The highest BCUT2D eigenvalue weighted by Crippen LogP contribution is 2.37. The van der Waals surface area contributed by atoms with Crippen molar-refractivity contribution in [3.05, 3.63) is 0 Å². The summed E-state index contributed by atoms with van der Waals surface area (Å²) >= 11 is 0. The Bertz CT molecular complexity index is 653. The van der Waals surface area contributed by atoms with Crippen molar-refractivity contribution in [3.8, 4) is 0 Å². The highest BCUT2D eigenvalue weighted by molar-refractivity contribution is 4.99. The lowest BCUT2D eigenvalue weighted by Gasteiger charge is -2.47. The first-order chi connectivity index (χ1) is 16.0. The summed E-state index contributed by atoms with van der Waals surface area (Å²) in [7, 11) is 0. The number of hydrogen-bond donors (Lipinski definition) is 11. The number of ether oxygens (including phenoxy) is 5. The van der Waals surface area contributed by atoms with Crippen LogP contribution in [-0.4, -0.2) is 168 Å². The first-order valence-corrected chi connectivity index (χ1v) is 10.6. The molecule has 3 saturated heterocycles. The van der Waals surface area contributed by atoms with Gasteiger partial charge in [0.25, 0.3) is 0 Å². The van der Waals surface area contributed by atoms with Gasteiger partial charge >= 0.3 is 0 Å². The minimum Gasteiger partial charge on any atom is -0.394 e. The van der Waals surface area contributed by atoms with Crippen molar-refractivity contribution in [1.82, 2.24) is 0 Å². The van der Waals surface area contributed by atoms with Crippen molar-refractivity contribution in [2.75, 3.05) is 26.4 Å². The van der Waals surface area contributed by atoms with Gasteiger partial charge in [-0.05, 0) is 0 Å². The second-order valence-electron chi connectivity index (χ2n) is 8.37. The molecule has 3 fully saturated rings. The normalized spacial score (nSPS) is 52.1. The number of aliphatic hydroxyl groups is 11. The molecule has 0 amide bonds. The SMILES string of the molecule is OC[C@H]1O[C@H](O[C@H]2[C@H](O[C@]3(CO)O[C@H](CO)[C@@H](O)[C@@H]3O)O[C@H](CO)[C@@H](O)[C@@H]2O)[C@H](O)[C@@H](O)[C@H]1O. The van der Waals surface area contributed by atoms with E-state index in [2.05, 4.69) is 0 Å². The summed E-state index contributed by atoms with van der Waals surface area (Å²) in [6.45, 7) is -3.45. The lowest BCUT2D eigenvalue weighted by molar-refractivity contribution is -0.408. The molecule has 0 spiro atoms. The first-order valence-electron chi connectivity index (χ1n) is 10.6. The van der Waals surface area contributed by atoms with Crippen LogP contribution in [0.15, 0.2) is 0 Å². The van der Waals surface area contributed by atoms with E-state index in [1.807, 2.05) is 0 Å². The molecule has 3 heterocycles. The van der Waals surface area contributed by atoms with Crippen LogP contribution in [0.5, 0.6) is 0 Å². The Kier molecular flexibility index (Phi) is 9.18. The van der Waals surface area contributed by atoms with Crippen molar-refractivity contribution in [1.29, 1.82) is 0 Å². The zero-order valence-electron chi connectivity index (χ0n) is 17.8. The van der Waals surface area contributed by atoms with Crippen LogP contribution < -0.4 is 0 Å². The Hall–Kier alpha value is -0.640. The highest BCUT2D eigenvalue weighted by Gasteiger charge is 2.59. The summed E-state index contributed by atoms with van der Waals surface area (Å²) in [5.74, 6) is -2.41. The minimum atomic E-state index is -2.41. The number of hydrogen-bond acceptors (Lipinski definition) is 16. The van der Waals surface area contributed by atoms with Crippen molar-refractivity contribution in [2.45, 2.75) is 85.5 Å². The van der Waals surface area contributed by atoms with Gasteiger partial charge in [-0.1, -0.05) is 0 Å². The van der Waals surface area contributed by atoms with Gasteiger partial charge in [0.15, 0.2) is 12.6 Å². The molecule has 0 saturated carbocycles. The molecule has 0 radical (unpaired) electrons. The van der Waals surface area contributed by atoms with Crippen LogP contribution in [-0.2, 0) is 23.7 Å². The maximum absolute atomic E-state index is 10.6. The maximum atomic E-state index is 10.6. The molecule has 14 atom stereocenters. The largest absolute Gasteiger partial charge is 0.394 e. The van der Waals surface area contributed by atoms with Gasteiger partial charge in [-0.3, -0.25) is 0 Å². The van der Waals surface area contributed by atoms with E-state index in [0.29, 0.717) is 0 Å². The quantitative estimate of drug-likeness (QED) is 0.146. The third kappa shape index (κ3) is 4.96. The minimum absolute atomic E-state index is 0.764. The molecular weight excluding hydrogens is 472 g/mol. The van der Waals surface area contributed by atoms with E-state index in [1.54, 1.807) is 0 Å². The summed E-state index contributed by atoms with van der Waals surface area (Å²) in [5.41, 5.74) is 0. The van der Waals surface area contributed by atoms with Crippen LogP contribution in [0.3, 0.4) is 0 Å². The van der Waals surface area contributed by atoms with Crippen molar-refractivity contribution < 1.29 is 79.9 Å². The van der Waals surface area contributed by atoms with Crippen molar-refractivity contribution >= 4 is 0 Å². The van der Waals surface area contributed by atoms with Crippen molar-refractivity contribution in [3.63, 3.8) is 0 Å². The maximum Gasteiger partial charge on any atom is 0.224 e. The van der Waals surface area contributed by atoms with Crippen molar-refractivity contribution in [2.24, 2.45) is 0 Å². The predicted octanol–water partition coefficient (Wildman–Crippen LogP) is -7.57. The van der Waals surface area contributed by atoms with Crippen LogP contribution in [0.4, 0.5) is 0 Å². The van der Waals surface area contributed by atoms with Gasteiger partial charge in [-0.2, -0.15) is 0 Å². The zero-order valence-corrected chi connectivity index (χ0v) is 17.8.